The molecule has 0 aliphatic carbocycles. The topological polar surface area (TPSA) is 36.3 Å². The average Bonchev–Trinajstić information content (AvgIpc) is 2.39. The monoisotopic (exact) mass is 260 g/mol. The van der Waals surface area contributed by atoms with Crippen molar-refractivity contribution in [2.45, 2.75) is 39.2 Å². The molecule has 0 atom stereocenters. The highest BCUT2D eigenvalue weighted by Gasteiger charge is 2.09. The Morgan fingerprint density at radius 3 is 2.68 bits per heavy atom. The maximum atomic E-state index is 8.54. The first-order valence-corrected chi connectivity index (χ1v) is 6.80. The summed E-state index contributed by atoms with van der Waals surface area (Å²) in [4.78, 5) is 2.25. The average molecular weight is 260 g/mol. The first-order chi connectivity index (χ1) is 9.08. The molecular formula is C16H24N2O. The Balaban J connectivity index is 2.69. The van der Waals surface area contributed by atoms with Gasteiger partial charge in [-0.15, -0.1) is 0 Å². The van der Waals surface area contributed by atoms with E-state index in [2.05, 4.69) is 44.0 Å². The van der Waals surface area contributed by atoms with Gasteiger partial charge in [0.05, 0.1) is 13.2 Å². The van der Waals surface area contributed by atoms with Crippen molar-refractivity contribution in [3.05, 3.63) is 29.3 Å². The lowest BCUT2D eigenvalue weighted by atomic mass is 9.99. The van der Waals surface area contributed by atoms with Crippen LogP contribution in [0.3, 0.4) is 0 Å². The minimum Gasteiger partial charge on any atom is -0.496 e. The molecule has 0 heterocycles. The summed E-state index contributed by atoms with van der Waals surface area (Å²) in [6.45, 7) is 6.22. The molecule has 1 rings (SSSR count). The Morgan fingerprint density at radius 1 is 1.37 bits per heavy atom. The van der Waals surface area contributed by atoms with E-state index in [1.165, 1.54) is 11.1 Å². The lowest BCUT2D eigenvalue weighted by Gasteiger charge is -2.18. The number of nitriles is 1. The molecule has 104 valence electrons. The minimum absolute atomic E-state index is 0.457. The van der Waals surface area contributed by atoms with E-state index in [-0.39, 0.29) is 0 Å². The molecule has 0 radical (unpaired) electrons. The molecule has 0 aliphatic heterocycles. The van der Waals surface area contributed by atoms with Crippen LogP contribution >= 0.6 is 0 Å². The summed E-state index contributed by atoms with van der Waals surface area (Å²) in [7, 11) is 3.81. The molecule has 0 bridgehead atoms. The Morgan fingerprint density at radius 2 is 2.11 bits per heavy atom. The second kappa shape index (κ2) is 7.81. The second-order valence-corrected chi connectivity index (χ2v) is 5.23. The molecule has 0 unspecified atom stereocenters. The van der Waals surface area contributed by atoms with Gasteiger partial charge in [0.2, 0.25) is 0 Å². The van der Waals surface area contributed by atoms with Crippen molar-refractivity contribution in [1.29, 1.82) is 5.26 Å². The summed E-state index contributed by atoms with van der Waals surface area (Å²) < 4.78 is 5.40. The molecule has 0 N–H and O–H groups in total. The molecule has 0 fully saturated rings. The fourth-order valence-electron chi connectivity index (χ4n) is 2.15. The molecule has 1 aromatic carbocycles. The van der Waals surface area contributed by atoms with Crippen LogP contribution in [0.15, 0.2) is 18.2 Å². The summed E-state index contributed by atoms with van der Waals surface area (Å²) in [6.07, 6.45) is 1.56. The molecule has 0 aliphatic rings. The highest BCUT2D eigenvalue weighted by atomic mass is 16.5. The van der Waals surface area contributed by atoms with E-state index in [4.69, 9.17) is 10.00 Å². The summed E-state index contributed by atoms with van der Waals surface area (Å²) >= 11 is 0. The van der Waals surface area contributed by atoms with Gasteiger partial charge in [0, 0.05) is 13.0 Å². The summed E-state index contributed by atoms with van der Waals surface area (Å²) in [5.74, 6) is 1.42. The van der Waals surface area contributed by atoms with Crippen molar-refractivity contribution in [2.24, 2.45) is 0 Å². The molecule has 3 heteroatoms. The highest BCUT2D eigenvalue weighted by Crippen LogP contribution is 2.27. The van der Waals surface area contributed by atoms with Gasteiger partial charge in [-0.3, -0.25) is 0 Å². The number of hydrogen-bond acceptors (Lipinski definition) is 3. The van der Waals surface area contributed by atoms with E-state index in [1.807, 2.05) is 6.07 Å². The fraction of sp³-hybridized carbons (Fsp3) is 0.562. The van der Waals surface area contributed by atoms with Crippen LogP contribution in [0.25, 0.3) is 0 Å². The molecule has 0 saturated carbocycles. The lowest BCUT2D eigenvalue weighted by molar-refractivity contribution is 0.323. The van der Waals surface area contributed by atoms with Crippen molar-refractivity contribution in [2.75, 3.05) is 20.7 Å². The van der Waals surface area contributed by atoms with Crippen LogP contribution in [-0.2, 0) is 6.54 Å². The first kappa shape index (κ1) is 15.5. The van der Waals surface area contributed by atoms with Crippen molar-refractivity contribution in [1.82, 2.24) is 4.90 Å². The Bertz CT molecular complexity index is 435. The quantitative estimate of drug-likeness (QED) is 0.703. The first-order valence-electron chi connectivity index (χ1n) is 6.80. The summed E-state index contributed by atoms with van der Waals surface area (Å²) in [6, 6.07) is 8.58. The van der Waals surface area contributed by atoms with E-state index in [9.17, 15) is 0 Å². The number of hydrogen-bond donors (Lipinski definition) is 0. The number of ether oxygens (including phenoxy) is 1. The third kappa shape index (κ3) is 4.92. The van der Waals surface area contributed by atoms with Crippen LogP contribution < -0.4 is 4.74 Å². The maximum absolute atomic E-state index is 8.54. The standard InChI is InChI=1S/C16H24N2O/c1-13(2)15-11-14(7-8-16(15)19-4)12-18(3)10-6-5-9-17/h7-8,11,13H,5-6,10,12H2,1-4H3. The number of rotatable bonds is 7. The van der Waals surface area contributed by atoms with Gasteiger partial charge in [0.15, 0.2) is 0 Å². The fourth-order valence-corrected chi connectivity index (χ4v) is 2.15. The Hall–Kier alpha value is -1.53. The van der Waals surface area contributed by atoms with Gasteiger partial charge in [-0.25, -0.2) is 0 Å². The SMILES string of the molecule is COc1ccc(CN(C)CCCC#N)cc1C(C)C. The van der Waals surface area contributed by atoms with Gasteiger partial charge >= 0.3 is 0 Å². The predicted octanol–water partition coefficient (Wildman–Crippen LogP) is 3.55. The van der Waals surface area contributed by atoms with Gasteiger partial charge in [-0.2, -0.15) is 5.26 Å². The summed E-state index contributed by atoms with van der Waals surface area (Å²) in [5.41, 5.74) is 2.55. The Kier molecular flexibility index (Phi) is 6.38. The molecule has 0 aromatic heterocycles. The van der Waals surface area contributed by atoms with Crippen molar-refractivity contribution in [3.8, 4) is 11.8 Å². The van der Waals surface area contributed by atoms with Crippen molar-refractivity contribution in [3.63, 3.8) is 0 Å². The molecular weight excluding hydrogens is 236 g/mol. The third-order valence-electron chi connectivity index (χ3n) is 3.20. The van der Waals surface area contributed by atoms with Crippen molar-refractivity contribution >= 4 is 0 Å². The van der Waals surface area contributed by atoms with Crippen LogP contribution in [-0.4, -0.2) is 25.6 Å². The number of nitrogens with zero attached hydrogens (tertiary/aromatic N) is 2. The van der Waals surface area contributed by atoms with Gasteiger partial charge in [-0.05, 0) is 43.1 Å². The Labute approximate surface area is 116 Å². The van der Waals surface area contributed by atoms with Gasteiger partial charge in [-0.1, -0.05) is 26.0 Å². The molecule has 3 nitrogen and oxygen atoms in total. The van der Waals surface area contributed by atoms with Crippen LogP contribution in [0.2, 0.25) is 0 Å². The summed E-state index contributed by atoms with van der Waals surface area (Å²) in [5, 5.41) is 8.54. The molecule has 1 aromatic rings. The largest absolute Gasteiger partial charge is 0.496 e. The highest BCUT2D eigenvalue weighted by molar-refractivity contribution is 5.39. The van der Waals surface area contributed by atoms with Gasteiger partial charge in [0.1, 0.15) is 5.75 Å². The van der Waals surface area contributed by atoms with E-state index in [0.29, 0.717) is 12.3 Å². The third-order valence-corrected chi connectivity index (χ3v) is 3.20. The van der Waals surface area contributed by atoms with Crippen LogP contribution in [0.1, 0.15) is 43.7 Å². The van der Waals surface area contributed by atoms with Gasteiger partial charge < -0.3 is 9.64 Å². The van der Waals surface area contributed by atoms with E-state index < -0.39 is 0 Å². The van der Waals surface area contributed by atoms with Crippen LogP contribution in [0, 0.1) is 11.3 Å². The number of unbranched alkanes of at least 4 members (excludes halogenated alkanes) is 1. The second-order valence-electron chi connectivity index (χ2n) is 5.23. The zero-order valence-electron chi connectivity index (χ0n) is 12.4. The molecule has 19 heavy (non-hydrogen) atoms. The smallest absolute Gasteiger partial charge is 0.122 e. The maximum Gasteiger partial charge on any atom is 0.122 e. The van der Waals surface area contributed by atoms with Crippen LogP contribution in [0.4, 0.5) is 0 Å². The zero-order valence-corrected chi connectivity index (χ0v) is 12.4. The zero-order chi connectivity index (χ0) is 14.3. The number of benzene rings is 1. The van der Waals surface area contributed by atoms with E-state index in [1.54, 1.807) is 7.11 Å². The lowest BCUT2D eigenvalue weighted by Crippen LogP contribution is -2.19. The van der Waals surface area contributed by atoms with E-state index >= 15 is 0 Å². The van der Waals surface area contributed by atoms with E-state index in [0.717, 1.165) is 25.3 Å². The predicted molar refractivity (Wildman–Crippen MR) is 78.3 cm³/mol. The van der Waals surface area contributed by atoms with Gasteiger partial charge in [0.25, 0.3) is 0 Å². The normalized spacial score (nSPS) is 10.8. The van der Waals surface area contributed by atoms with Crippen LogP contribution in [0.5, 0.6) is 5.75 Å². The molecule has 0 amide bonds. The van der Waals surface area contributed by atoms with Crippen molar-refractivity contribution < 1.29 is 4.74 Å². The number of methoxy groups -OCH3 is 1. The minimum atomic E-state index is 0.457. The molecule has 0 spiro atoms. The molecule has 0 saturated heterocycles.